The average Bonchev–Trinajstić information content (AvgIpc) is 2.60. The largest absolute Gasteiger partial charge is 0.460 e. The lowest BCUT2D eigenvalue weighted by Gasteiger charge is -2.39. The number of ether oxygens (including phenoxy) is 1. The molecule has 0 saturated heterocycles. The summed E-state index contributed by atoms with van der Waals surface area (Å²) in [5, 5.41) is 1.87. The maximum Gasteiger partial charge on any atom is 0.460 e. The van der Waals surface area contributed by atoms with E-state index in [2.05, 4.69) is 4.74 Å². The number of halogens is 13. The van der Waals surface area contributed by atoms with Crippen molar-refractivity contribution in [1.82, 2.24) is 0 Å². The minimum absolute atomic E-state index is 0.00477. The number of anilines is 1. The van der Waals surface area contributed by atoms with Crippen LogP contribution in [0.15, 0.2) is 30.3 Å². The zero-order valence-corrected chi connectivity index (χ0v) is 14.5. The normalized spacial score (nSPS) is 14.4. The van der Waals surface area contributed by atoms with E-state index in [0.717, 1.165) is 0 Å². The van der Waals surface area contributed by atoms with E-state index in [1.54, 1.807) is 0 Å². The molecule has 3 nitrogen and oxygen atoms in total. The highest BCUT2D eigenvalue weighted by Gasteiger charge is 2.90. The predicted octanol–water partition coefficient (Wildman–Crippen LogP) is 6.36. The van der Waals surface area contributed by atoms with Gasteiger partial charge in [-0.2, -0.15) is 57.1 Å². The van der Waals surface area contributed by atoms with E-state index in [4.69, 9.17) is 0 Å². The van der Waals surface area contributed by atoms with E-state index >= 15 is 0 Å². The van der Waals surface area contributed by atoms with Crippen LogP contribution < -0.4 is 5.32 Å². The topological polar surface area (TPSA) is 38.3 Å². The van der Waals surface area contributed by atoms with Crippen LogP contribution in [0.1, 0.15) is 6.42 Å². The van der Waals surface area contributed by atoms with Gasteiger partial charge in [0, 0.05) is 5.69 Å². The van der Waals surface area contributed by atoms with Crippen LogP contribution in [0.2, 0.25) is 0 Å². The number of alkyl halides is 13. The Labute approximate surface area is 164 Å². The van der Waals surface area contributed by atoms with Gasteiger partial charge in [0.15, 0.2) is 0 Å². The lowest BCUT2D eigenvalue weighted by atomic mass is 9.93. The maximum atomic E-state index is 13.5. The average molecular weight is 483 g/mol. The molecule has 16 heteroatoms. The van der Waals surface area contributed by atoms with Crippen molar-refractivity contribution in [1.29, 1.82) is 0 Å². The molecule has 0 fully saturated rings. The quantitative estimate of drug-likeness (QED) is 0.437. The lowest BCUT2D eigenvalue weighted by molar-refractivity contribution is -0.440. The zero-order chi connectivity index (χ0) is 24.5. The minimum atomic E-state index is -7.96. The van der Waals surface area contributed by atoms with E-state index in [0.29, 0.717) is 0 Å². The first-order valence-corrected chi connectivity index (χ1v) is 7.67. The summed E-state index contributed by atoms with van der Waals surface area (Å²) < 4.78 is 172. The molecule has 0 saturated carbocycles. The van der Waals surface area contributed by atoms with Gasteiger partial charge in [0.05, 0.1) is 13.0 Å². The Bertz CT molecular complexity index is 762. The van der Waals surface area contributed by atoms with Gasteiger partial charge in [-0.05, 0) is 12.1 Å². The van der Waals surface area contributed by atoms with Crippen LogP contribution in [0, 0.1) is 0 Å². The third-order valence-electron chi connectivity index (χ3n) is 3.67. The van der Waals surface area contributed by atoms with Crippen LogP contribution in [0.3, 0.4) is 0 Å². The molecular formula is C15H10F13NO2. The van der Waals surface area contributed by atoms with Crippen molar-refractivity contribution in [3.8, 4) is 0 Å². The van der Waals surface area contributed by atoms with E-state index in [-0.39, 0.29) is 5.69 Å². The first-order chi connectivity index (χ1) is 13.7. The molecule has 0 unspecified atom stereocenters. The summed E-state index contributed by atoms with van der Waals surface area (Å²) in [6, 6.07) is 6.73. The van der Waals surface area contributed by atoms with Crippen LogP contribution in [0.5, 0.6) is 0 Å². The van der Waals surface area contributed by atoms with Gasteiger partial charge in [0.1, 0.15) is 0 Å². The molecule has 1 aromatic carbocycles. The Kier molecular flexibility index (Phi) is 7.09. The highest BCUT2D eigenvalue weighted by Crippen LogP contribution is 2.60. The summed E-state index contributed by atoms with van der Waals surface area (Å²) in [5.74, 6) is -37.3. The number of rotatable bonds is 8. The monoisotopic (exact) mass is 483 g/mol. The fourth-order valence-corrected chi connectivity index (χ4v) is 1.91. The smallest absolute Gasteiger partial charge is 0.449 e. The van der Waals surface area contributed by atoms with Crippen molar-refractivity contribution in [3.63, 3.8) is 0 Å². The Hall–Kier alpha value is -2.42. The molecule has 0 radical (unpaired) electrons. The zero-order valence-electron chi connectivity index (χ0n) is 14.5. The predicted molar refractivity (Wildman–Crippen MR) is 76.8 cm³/mol. The van der Waals surface area contributed by atoms with Gasteiger partial charge in [-0.1, -0.05) is 18.2 Å². The van der Waals surface area contributed by atoms with Gasteiger partial charge in [0.25, 0.3) is 0 Å². The number of hydrogen-bond acceptors (Lipinski definition) is 2. The Morgan fingerprint density at radius 1 is 0.710 bits per heavy atom. The van der Waals surface area contributed by atoms with Crippen LogP contribution in [0.25, 0.3) is 0 Å². The Morgan fingerprint density at radius 3 is 1.61 bits per heavy atom. The lowest BCUT2D eigenvalue weighted by Crippen LogP contribution is -2.70. The number of carbonyl (C=O) groups is 1. The highest BCUT2D eigenvalue weighted by molar-refractivity contribution is 5.84. The molecule has 0 aliphatic heterocycles. The van der Waals surface area contributed by atoms with Gasteiger partial charge < -0.3 is 4.74 Å². The van der Waals surface area contributed by atoms with Crippen molar-refractivity contribution >= 4 is 11.8 Å². The second-order valence-electron chi connectivity index (χ2n) is 5.88. The molecule has 0 aromatic heterocycles. The van der Waals surface area contributed by atoms with Gasteiger partial charge in [-0.3, -0.25) is 5.32 Å². The second-order valence-corrected chi connectivity index (χ2v) is 5.88. The Balaban J connectivity index is 2.97. The molecule has 178 valence electrons. The van der Waals surface area contributed by atoms with Gasteiger partial charge in [-0.25, -0.2) is 4.79 Å². The number of nitrogens with one attached hydrogen (secondary N) is 1. The first-order valence-electron chi connectivity index (χ1n) is 7.67. The van der Waals surface area contributed by atoms with Gasteiger partial charge in [-0.15, -0.1) is 0 Å². The summed E-state index contributed by atoms with van der Waals surface area (Å²) in [6.07, 6.45) is -11.7. The van der Waals surface area contributed by atoms with Crippen LogP contribution in [-0.2, 0) is 4.74 Å². The second kappa shape index (κ2) is 8.26. The summed E-state index contributed by atoms with van der Waals surface area (Å²) in [6.45, 7) is -1.82. The molecular weight excluding hydrogens is 473 g/mol. The fourth-order valence-electron chi connectivity index (χ4n) is 1.91. The van der Waals surface area contributed by atoms with E-state index in [1.165, 1.54) is 30.3 Å². The number of benzene rings is 1. The number of para-hydroxylation sites is 1. The maximum absolute atomic E-state index is 13.5. The van der Waals surface area contributed by atoms with Gasteiger partial charge in [0.2, 0.25) is 0 Å². The summed E-state index contributed by atoms with van der Waals surface area (Å²) in [7, 11) is 0. The molecule has 1 aromatic rings. The number of hydrogen-bond donors (Lipinski definition) is 1. The van der Waals surface area contributed by atoms with Crippen molar-refractivity contribution in [2.75, 3.05) is 11.9 Å². The first kappa shape index (κ1) is 26.6. The summed E-state index contributed by atoms with van der Waals surface area (Å²) >= 11 is 0. The number of carbonyl (C=O) groups excluding carboxylic acids is 1. The van der Waals surface area contributed by atoms with E-state index in [1.807, 2.05) is 5.32 Å². The van der Waals surface area contributed by atoms with Crippen LogP contribution in [-0.4, -0.2) is 48.5 Å². The summed E-state index contributed by atoms with van der Waals surface area (Å²) in [4.78, 5) is 11.3. The minimum Gasteiger partial charge on any atom is -0.449 e. The summed E-state index contributed by atoms with van der Waals surface area (Å²) in [5.41, 5.74) is 0.00477. The molecule has 0 aliphatic rings. The molecule has 1 amide bonds. The highest BCUT2D eigenvalue weighted by atomic mass is 19.4. The molecule has 0 bridgehead atoms. The number of amides is 1. The third kappa shape index (κ3) is 4.76. The molecule has 1 N–H and O–H groups in total. The van der Waals surface area contributed by atoms with Crippen molar-refractivity contribution < 1.29 is 66.6 Å². The SMILES string of the molecule is O=C(Nc1ccccc1)OCCC(F)(F)C(F)(F)C(F)(F)C(F)(F)C(F)(F)C(F)(F)F. The molecule has 0 aliphatic carbocycles. The van der Waals surface area contributed by atoms with Crippen molar-refractivity contribution in [2.24, 2.45) is 0 Å². The van der Waals surface area contributed by atoms with Crippen LogP contribution in [0.4, 0.5) is 67.6 Å². The molecule has 0 spiro atoms. The molecule has 31 heavy (non-hydrogen) atoms. The van der Waals surface area contributed by atoms with E-state index in [9.17, 15) is 61.9 Å². The van der Waals surface area contributed by atoms with Crippen LogP contribution >= 0.6 is 0 Å². The van der Waals surface area contributed by atoms with Gasteiger partial charge >= 0.3 is 41.9 Å². The van der Waals surface area contributed by atoms with Crippen molar-refractivity contribution in [2.45, 2.75) is 42.2 Å². The molecule has 0 heterocycles. The molecule has 1 rings (SSSR count). The van der Waals surface area contributed by atoms with E-state index < -0.39 is 54.9 Å². The molecule has 0 atom stereocenters. The standard InChI is InChI=1S/C15H10F13NO2/c16-10(17,6-7-31-9(30)29-8-4-2-1-3-5-8)11(18,19)12(20,21)13(22,23)14(24,25)15(26,27)28/h1-5H,6-7H2,(H,29,30). The third-order valence-corrected chi connectivity index (χ3v) is 3.67. The fraction of sp³-hybridized carbons (Fsp3) is 0.533. The Morgan fingerprint density at radius 2 is 1.16 bits per heavy atom. The van der Waals surface area contributed by atoms with Crippen molar-refractivity contribution in [3.05, 3.63) is 30.3 Å².